The van der Waals surface area contributed by atoms with Crippen molar-refractivity contribution in [1.82, 2.24) is 14.7 Å². The van der Waals surface area contributed by atoms with E-state index >= 15 is 0 Å². The second kappa shape index (κ2) is 6.82. The third kappa shape index (κ3) is 3.00. The minimum absolute atomic E-state index is 0.111. The molecule has 2 aromatic rings. The Balaban J connectivity index is 1.72. The average molecular weight is 371 g/mol. The number of methoxy groups -OCH3 is 1. The molecule has 0 aliphatic carbocycles. The van der Waals surface area contributed by atoms with Crippen molar-refractivity contribution in [1.29, 1.82) is 0 Å². The van der Waals surface area contributed by atoms with Crippen LogP contribution in [0.25, 0.3) is 11.5 Å². The van der Waals surface area contributed by atoms with Gasteiger partial charge in [-0.3, -0.25) is 0 Å². The van der Waals surface area contributed by atoms with Gasteiger partial charge in [-0.25, -0.2) is 4.79 Å². The van der Waals surface area contributed by atoms with Gasteiger partial charge in [0.15, 0.2) is 0 Å². The number of piperidine rings is 2. The van der Waals surface area contributed by atoms with Gasteiger partial charge in [-0.1, -0.05) is 6.42 Å². The third-order valence-corrected chi connectivity index (χ3v) is 6.77. The van der Waals surface area contributed by atoms with E-state index in [4.69, 9.17) is 9.15 Å². The zero-order chi connectivity index (χ0) is 19.3. The Kier molecular flexibility index (Phi) is 4.62. The number of hydrogen-bond acceptors (Lipinski definition) is 5. The Bertz CT molecular complexity index is 900. The fraction of sp³-hybridized carbons (Fsp3) is 0.619. The molecule has 0 amide bonds. The summed E-state index contributed by atoms with van der Waals surface area (Å²) in [5.74, 6) is 0.717. The maximum atomic E-state index is 12.6. The number of benzene rings is 1. The zero-order valence-electron chi connectivity index (χ0n) is 16.9. The maximum Gasteiger partial charge on any atom is 0.437 e. The number of fused-ring (bicyclic) bond motifs is 2. The van der Waals surface area contributed by atoms with Crippen LogP contribution in [0.3, 0.4) is 0 Å². The fourth-order valence-corrected chi connectivity index (χ4v) is 4.90. The van der Waals surface area contributed by atoms with Gasteiger partial charge in [-0.05, 0) is 76.3 Å². The lowest BCUT2D eigenvalue weighted by atomic mass is 9.82. The van der Waals surface area contributed by atoms with Crippen molar-refractivity contribution >= 4 is 0 Å². The molecule has 2 unspecified atom stereocenters. The minimum atomic E-state index is -0.365. The summed E-state index contributed by atoms with van der Waals surface area (Å²) in [6, 6.07) is 3.18. The standard InChI is InChI=1S/C21H29N3O3/c1-12-9-18(19(26-5)14(3)13(12)2)20-22-24(21(25)27-20)17-10-15-7-6-8-16(11-17)23(15)4/h9,15-17H,6-8,10-11H2,1-5H3. The summed E-state index contributed by atoms with van der Waals surface area (Å²) in [5, 5.41) is 4.62. The van der Waals surface area contributed by atoms with Crippen LogP contribution in [0.15, 0.2) is 15.3 Å². The molecule has 1 aromatic heterocycles. The Hall–Kier alpha value is -2.08. The number of aromatic nitrogens is 2. The van der Waals surface area contributed by atoms with Crippen molar-refractivity contribution in [2.75, 3.05) is 14.2 Å². The van der Waals surface area contributed by atoms with E-state index in [-0.39, 0.29) is 11.8 Å². The summed E-state index contributed by atoms with van der Waals surface area (Å²) in [6.45, 7) is 6.15. The van der Waals surface area contributed by atoms with Gasteiger partial charge in [0.25, 0.3) is 5.89 Å². The van der Waals surface area contributed by atoms with Gasteiger partial charge < -0.3 is 14.1 Å². The predicted molar refractivity (Wildman–Crippen MR) is 104 cm³/mol. The molecule has 2 atom stereocenters. The molecule has 2 bridgehead atoms. The van der Waals surface area contributed by atoms with Crippen LogP contribution in [0, 0.1) is 20.8 Å². The predicted octanol–water partition coefficient (Wildman–Crippen LogP) is 3.62. The molecule has 2 aliphatic heterocycles. The molecule has 3 heterocycles. The largest absolute Gasteiger partial charge is 0.496 e. The third-order valence-electron chi connectivity index (χ3n) is 6.77. The van der Waals surface area contributed by atoms with Crippen molar-refractivity contribution in [3.63, 3.8) is 0 Å². The molecule has 1 aromatic carbocycles. The highest BCUT2D eigenvalue weighted by molar-refractivity contribution is 5.68. The van der Waals surface area contributed by atoms with Crippen molar-refractivity contribution in [2.24, 2.45) is 0 Å². The van der Waals surface area contributed by atoms with Crippen LogP contribution in [0.5, 0.6) is 5.75 Å². The van der Waals surface area contributed by atoms with Gasteiger partial charge in [0.05, 0.1) is 18.7 Å². The minimum Gasteiger partial charge on any atom is -0.496 e. The fourth-order valence-electron chi connectivity index (χ4n) is 4.90. The summed E-state index contributed by atoms with van der Waals surface area (Å²) in [6.07, 6.45) is 5.61. The Morgan fingerprint density at radius 1 is 1.11 bits per heavy atom. The van der Waals surface area contributed by atoms with Crippen LogP contribution in [-0.2, 0) is 0 Å². The van der Waals surface area contributed by atoms with Crippen molar-refractivity contribution in [3.8, 4) is 17.2 Å². The summed E-state index contributed by atoms with van der Waals surface area (Å²) in [4.78, 5) is 15.1. The highest BCUT2D eigenvalue weighted by atomic mass is 16.5. The summed E-state index contributed by atoms with van der Waals surface area (Å²) in [5.41, 5.74) is 4.12. The molecule has 146 valence electrons. The summed E-state index contributed by atoms with van der Waals surface area (Å²) >= 11 is 0. The summed E-state index contributed by atoms with van der Waals surface area (Å²) < 4.78 is 12.8. The second-order valence-corrected chi connectivity index (χ2v) is 8.17. The van der Waals surface area contributed by atoms with E-state index in [0.717, 1.165) is 35.3 Å². The van der Waals surface area contributed by atoms with E-state index in [9.17, 15) is 4.79 Å². The SMILES string of the molecule is COc1c(-c2nn(C3CC4CCCC(C3)N4C)c(=O)o2)cc(C)c(C)c1C. The number of ether oxygens (including phenoxy) is 1. The normalized spacial score (nSPS) is 25.6. The van der Waals surface area contributed by atoms with Crippen molar-refractivity contribution in [3.05, 3.63) is 33.3 Å². The Labute approximate surface area is 160 Å². The highest BCUT2D eigenvalue weighted by Crippen LogP contribution is 2.39. The van der Waals surface area contributed by atoms with Crippen molar-refractivity contribution < 1.29 is 9.15 Å². The van der Waals surface area contributed by atoms with Gasteiger partial charge in [0.1, 0.15) is 5.75 Å². The maximum absolute atomic E-state index is 12.6. The number of rotatable bonds is 3. The molecule has 0 N–H and O–H groups in total. The summed E-state index contributed by atoms with van der Waals surface area (Å²) in [7, 11) is 3.86. The Morgan fingerprint density at radius 3 is 2.41 bits per heavy atom. The van der Waals surface area contributed by atoms with Gasteiger partial charge in [-0.2, -0.15) is 4.68 Å². The molecule has 6 heteroatoms. The molecule has 6 nitrogen and oxygen atoms in total. The van der Waals surface area contributed by atoms with E-state index in [0.29, 0.717) is 18.0 Å². The number of aryl methyl sites for hydroxylation is 1. The molecule has 2 fully saturated rings. The molecule has 2 saturated heterocycles. The Morgan fingerprint density at radius 2 is 1.78 bits per heavy atom. The van der Waals surface area contributed by atoms with Crippen LogP contribution in [0.2, 0.25) is 0 Å². The first kappa shape index (κ1) is 18.3. The van der Waals surface area contributed by atoms with Crippen LogP contribution in [0.4, 0.5) is 0 Å². The quantitative estimate of drug-likeness (QED) is 0.825. The number of hydrogen-bond donors (Lipinski definition) is 0. The zero-order valence-corrected chi connectivity index (χ0v) is 16.9. The smallest absolute Gasteiger partial charge is 0.437 e. The lowest BCUT2D eigenvalue weighted by Crippen LogP contribution is -2.50. The van der Waals surface area contributed by atoms with Crippen LogP contribution in [-0.4, -0.2) is 40.9 Å². The van der Waals surface area contributed by atoms with Gasteiger partial charge in [-0.15, -0.1) is 5.10 Å². The lowest BCUT2D eigenvalue weighted by Gasteiger charge is -2.46. The first-order valence-electron chi connectivity index (χ1n) is 9.87. The van der Waals surface area contributed by atoms with E-state index in [1.807, 2.05) is 13.0 Å². The first-order chi connectivity index (χ1) is 12.9. The van der Waals surface area contributed by atoms with Gasteiger partial charge >= 0.3 is 5.76 Å². The molecular weight excluding hydrogens is 342 g/mol. The molecule has 0 saturated carbocycles. The second-order valence-electron chi connectivity index (χ2n) is 8.17. The van der Waals surface area contributed by atoms with E-state index in [1.165, 1.54) is 24.8 Å². The highest BCUT2D eigenvalue weighted by Gasteiger charge is 2.38. The average Bonchev–Trinajstić information content (AvgIpc) is 3.01. The van der Waals surface area contributed by atoms with Gasteiger partial charge in [0.2, 0.25) is 0 Å². The topological polar surface area (TPSA) is 60.5 Å². The van der Waals surface area contributed by atoms with E-state index < -0.39 is 0 Å². The van der Waals surface area contributed by atoms with Crippen LogP contribution in [0.1, 0.15) is 54.8 Å². The number of nitrogens with zero attached hydrogens (tertiary/aromatic N) is 3. The lowest BCUT2D eigenvalue weighted by molar-refractivity contribution is 0.0352. The van der Waals surface area contributed by atoms with Gasteiger partial charge in [0, 0.05) is 12.1 Å². The molecule has 0 radical (unpaired) electrons. The first-order valence-corrected chi connectivity index (χ1v) is 9.87. The molecule has 0 spiro atoms. The van der Waals surface area contributed by atoms with Crippen LogP contribution < -0.4 is 10.5 Å². The van der Waals surface area contributed by atoms with Crippen molar-refractivity contribution in [2.45, 2.75) is 71.0 Å². The monoisotopic (exact) mass is 371 g/mol. The molecule has 2 aliphatic rings. The molecular formula is C21H29N3O3. The molecule has 27 heavy (non-hydrogen) atoms. The van der Waals surface area contributed by atoms with Crippen LogP contribution >= 0.6 is 0 Å². The molecule has 4 rings (SSSR count). The van der Waals surface area contributed by atoms with E-state index in [2.05, 4.69) is 30.9 Å². The van der Waals surface area contributed by atoms with E-state index in [1.54, 1.807) is 11.8 Å².